The molecule has 2 radical (unpaired) electrons. The van der Waals surface area contributed by atoms with Crippen molar-refractivity contribution in [3.05, 3.63) is 177 Å². The Bertz CT molecular complexity index is 4850. The Morgan fingerprint density at radius 2 is 0.638 bits per heavy atom. The predicted molar refractivity (Wildman–Crippen MR) is 353 cm³/mol. The Labute approximate surface area is 558 Å². The summed E-state index contributed by atoms with van der Waals surface area (Å²) in [5.41, 5.74) is -0.589. The molecule has 23 nitrogen and oxygen atoms in total. The van der Waals surface area contributed by atoms with Gasteiger partial charge in [-0.25, -0.2) is 0 Å². The van der Waals surface area contributed by atoms with Gasteiger partial charge in [0.1, 0.15) is 102 Å². The molecule has 0 aliphatic rings. The normalized spacial score (nSPS) is 10.7. The first-order valence-corrected chi connectivity index (χ1v) is 32.6. The molecule has 12 rings (SSSR count). The summed E-state index contributed by atoms with van der Waals surface area (Å²) >= 11 is 0. The van der Waals surface area contributed by atoms with Gasteiger partial charge in [0, 0.05) is 104 Å². The molecule has 94 heavy (non-hydrogen) atoms. The van der Waals surface area contributed by atoms with Gasteiger partial charge in [0.15, 0.2) is 54.4 Å². The molecule has 4 heterocycles. The van der Waals surface area contributed by atoms with Crippen molar-refractivity contribution in [1.82, 2.24) is 0 Å². The molecule has 0 amide bonds. The van der Waals surface area contributed by atoms with Crippen molar-refractivity contribution in [3.8, 4) is 137 Å². The average Bonchev–Trinajstić information content (AvgIpc) is 0.764. The largest absolute Gasteiger partial charge is 0.592 e. The number of phenols is 10. The molecule has 0 aliphatic heterocycles. The minimum atomic E-state index is -0.575. The smallest absolute Gasteiger partial charge is 0.364 e. The quantitative estimate of drug-likeness (QED) is 0.0547. The van der Waals surface area contributed by atoms with Crippen LogP contribution in [0.1, 0.15) is 0 Å². The van der Waals surface area contributed by atoms with E-state index < -0.39 is 33.9 Å². The van der Waals surface area contributed by atoms with E-state index in [4.69, 9.17) is 40.5 Å². The molecule has 12 aromatic rings. The minimum Gasteiger partial charge on any atom is -0.592 e. The zero-order valence-corrected chi connectivity index (χ0v) is 54.2. The SMILES string of the molecule is CS(C)=[OH+].CS(C)=[OH+].CS(C)=[OH+].O=c1cc(-c2ccc(O)c(-c3c(O)cc([OH2+])c4c(=[OH+])cc(-c5ccc(O)cc5)oc34)c2)oc2cc(O)cc(O)c12.O=c1cc(-c2ccc(O)c(-c3c(O)cc([OH2+])c4c(=[OH+])cc(-c5ccc(O)cc5)oc34)c2)oc2cc(O)cc(O)c12.[Cu].[Cu]. The fraction of sp³-hybridized carbons (Fsp3) is 0.0909. The van der Waals surface area contributed by atoms with Crippen molar-refractivity contribution in [2.24, 2.45) is 0 Å². The van der Waals surface area contributed by atoms with Gasteiger partial charge < -0.3 is 78.9 Å². The van der Waals surface area contributed by atoms with Gasteiger partial charge in [0.05, 0.1) is 72.9 Å². The summed E-state index contributed by atoms with van der Waals surface area (Å²) < 4.78 is 47.9. The molecule has 0 saturated carbocycles. The number of phenolic OH excluding ortho intramolecular Hbond substituents is 10. The predicted octanol–water partition coefficient (Wildman–Crippen LogP) is 9.47. The Morgan fingerprint density at radius 3 is 0.957 bits per heavy atom. The Balaban J connectivity index is 0.000000250. The summed E-state index contributed by atoms with van der Waals surface area (Å²) in [7, 11) is -1.08. The third-order valence-electron chi connectivity index (χ3n) is 13.0. The van der Waals surface area contributed by atoms with Crippen molar-refractivity contribution in [1.29, 1.82) is 0 Å². The Hall–Kier alpha value is -10.3. The summed E-state index contributed by atoms with van der Waals surface area (Å²) in [6, 6.07) is 31.8. The summed E-state index contributed by atoms with van der Waals surface area (Å²) in [5.74, 6) is -2.97. The number of hydrogen-bond donors (Lipinski definition) is 10. The summed E-state index contributed by atoms with van der Waals surface area (Å²) in [4.78, 5) is 47.2. The second-order valence-corrected chi connectivity index (χ2v) is 25.2. The number of hydrogen-bond acceptors (Lipinski definition) is 16. The molecule has 8 aromatic carbocycles. The molecule has 28 heteroatoms. The molecule has 19 N–H and O–H groups in total. The van der Waals surface area contributed by atoms with Crippen LogP contribution in [0, 0.1) is 0 Å². The van der Waals surface area contributed by atoms with E-state index >= 15 is 0 Å². The van der Waals surface area contributed by atoms with Crippen molar-refractivity contribution in [2.75, 3.05) is 37.5 Å². The van der Waals surface area contributed by atoms with E-state index in [0.29, 0.717) is 11.1 Å². The molecule has 0 aliphatic carbocycles. The zero-order chi connectivity index (χ0) is 67.3. The van der Waals surface area contributed by atoms with Gasteiger partial charge in [-0.2, -0.15) is 0 Å². The fourth-order valence-electron chi connectivity index (χ4n) is 9.30. The number of aromatic hydroxyl groups is 10. The number of fused-ring (bicyclic) bond motifs is 4. The fourth-order valence-corrected chi connectivity index (χ4v) is 9.30. The maximum absolute atomic E-state index is 12.8. The number of benzene rings is 8. The molecule has 496 valence electrons. The van der Waals surface area contributed by atoms with Crippen LogP contribution in [-0.4, -0.2) is 121 Å². The van der Waals surface area contributed by atoms with E-state index in [1.54, 1.807) is 61.8 Å². The van der Waals surface area contributed by atoms with Gasteiger partial charge in [0.25, 0.3) is 11.5 Å². The van der Waals surface area contributed by atoms with Crippen LogP contribution in [0.2, 0.25) is 0 Å². The van der Waals surface area contributed by atoms with Crippen LogP contribution < -0.4 is 21.7 Å². The van der Waals surface area contributed by atoms with E-state index in [0.717, 1.165) is 36.4 Å². The molecule has 0 spiro atoms. The van der Waals surface area contributed by atoms with Crippen molar-refractivity contribution in [2.45, 2.75) is 0 Å². The standard InChI is InChI=1S/2C30H18O10.3C2H6OS.2Cu/c2*31-15-4-1-13(2-5-15)24-12-23(38)29-21(36)10-20(35)27(30(29)40-24)17-7-14(3-6-18(17)33)25-11-22(37)28-19(34)8-16(32)9-26(28)39-25;3*1-4(2)3;;/h2*1-12,31-36H;3*1-2H3;;/p+7. The van der Waals surface area contributed by atoms with Crippen molar-refractivity contribution < 1.29 is 135 Å². The van der Waals surface area contributed by atoms with E-state index in [1.165, 1.54) is 84.9 Å². The van der Waals surface area contributed by atoms with Crippen molar-refractivity contribution in [3.63, 3.8) is 0 Å². The van der Waals surface area contributed by atoms with Gasteiger partial charge in [-0.3, -0.25) is 31.8 Å². The second kappa shape index (κ2) is 30.4. The molecule has 0 fully saturated rings. The maximum atomic E-state index is 12.8. The summed E-state index contributed by atoms with van der Waals surface area (Å²) in [6.45, 7) is 0. The summed E-state index contributed by atoms with van der Waals surface area (Å²) in [6.07, 6.45) is 10.5. The minimum absolute atomic E-state index is 0. The van der Waals surface area contributed by atoms with Crippen LogP contribution in [0.25, 0.3) is 111 Å². The van der Waals surface area contributed by atoms with Crippen LogP contribution in [0.4, 0.5) is 0 Å². The average molecular weight is 1450 g/mol. The van der Waals surface area contributed by atoms with Crippen LogP contribution in [0.5, 0.6) is 69.0 Å². The van der Waals surface area contributed by atoms with Crippen LogP contribution >= 0.6 is 0 Å². The van der Waals surface area contributed by atoms with Gasteiger partial charge in [-0.1, -0.05) is 0 Å². The molecule has 0 saturated heterocycles. The third kappa shape index (κ3) is 16.5. The van der Waals surface area contributed by atoms with Gasteiger partial charge >= 0.3 is 10.9 Å². The van der Waals surface area contributed by atoms with Crippen LogP contribution in [0.15, 0.2) is 173 Å². The maximum Gasteiger partial charge on any atom is 0.364 e. The zero-order valence-electron chi connectivity index (χ0n) is 49.8. The van der Waals surface area contributed by atoms with Crippen molar-refractivity contribution >= 4 is 76.3 Å². The second-order valence-electron chi connectivity index (χ2n) is 20.5. The molecule has 0 unspecified atom stereocenters. The van der Waals surface area contributed by atoms with Crippen LogP contribution in [0.3, 0.4) is 0 Å². The first-order valence-electron chi connectivity index (χ1n) is 26.6. The summed E-state index contributed by atoms with van der Waals surface area (Å²) in [5, 5.41) is 119. The van der Waals surface area contributed by atoms with E-state index in [-0.39, 0.29) is 224 Å². The molecule has 4 aromatic heterocycles. The van der Waals surface area contributed by atoms with E-state index in [1.807, 2.05) is 0 Å². The molecule has 0 bridgehead atoms. The molecule has 0 atom stereocenters. The Kier molecular flexibility index (Phi) is 23.5. The topological polar surface area (TPSA) is 442 Å². The first-order chi connectivity index (χ1) is 43.4. The van der Waals surface area contributed by atoms with Gasteiger partial charge in [0.2, 0.25) is 10.8 Å². The van der Waals surface area contributed by atoms with E-state index in [9.17, 15) is 70.2 Å². The van der Waals surface area contributed by atoms with Gasteiger partial charge in [-0.05, 0) is 84.9 Å². The first kappa shape index (κ1) is 72.7. The Morgan fingerprint density at radius 1 is 0.340 bits per heavy atom. The monoisotopic (exact) mass is 1440 g/mol. The van der Waals surface area contributed by atoms with Crippen LogP contribution in [-0.2, 0) is 66.5 Å². The van der Waals surface area contributed by atoms with Gasteiger partial charge in [-0.15, -0.1) is 0 Å². The molecular weight excluding hydrogens is 1380 g/mol. The van der Waals surface area contributed by atoms with E-state index in [2.05, 4.69) is 0 Å². The molecular formula is C66H61Cu2O23S3+7. The number of rotatable bonds is 6. The third-order valence-corrected chi connectivity index (χ3v) is 13.0.